The van der Waals surface area contributed by atoms with E-state index in [4.69, 9.17) is 4.74 Å². The van der Waals surface area contributed by atoms with Crippen LogP contribution in [0.1, 0.15) is 50.5 Å². The Balaban J connectivity index is 0.984. The molecule has 8 rings (SSSR count). The van der Waals surface area contributed by atoms with E-state index in [1.807, 2.05) is 65.6 Å². The third-order valence-corrected chi connectivity index (χ3v) is 11.5. The third kappa shape index (κ3) is 5.71. The fourth-order valence-electron chi connectivity index (χ4n) is 9.46. The van der Waals surface area contributed by atoms with Gasteiger partial charge < -0.3 is 30.1 Å². The van der Waals surface area contributed by atoms with Crippen LogP contribution in [0.5, 0.6) is 0 Å². The summed E-state index contributed by atoms with van der Waals surface area (Å²) < 4.78 is 5.01. The molecule has 244 valence electrons. The maximum absolute atomic E-state index is 14.1. The van der Waals surface area contributed by atoms with Crippen LogP contribution in [0, 0.1) is 29.6 Å². The number of ether oxygens (including phenoxy) is 1. The quantitative estimate of drug-likeness (QED) is 0.432. The predicted octanol–water partition coefficient (Wildman–Crippen LogP) is 3.77. The highest BCUT2D eigenvalue weighted by Gasteiger charge is 2.54. The van der Waals surface area contributed by atoms with E-state index in [1.165, 1.54) is 13.5 Å². The van der Waals surface area contributed by atoms with Gasteiger partial charge in [0.2, 0.25) is 11.8 Å². The number of benzene rings is 2. The number of nitrogens with one attached hydrogen (secondary N) is 2. The highest BCUT2D eigenvalue weighted by molar-refractivity contribution is 5.94. The van der Waals surface area contributed by atoms with Gasteiger partial charge in [0, 0.05) is 31.2 Å². The first-order valence-corrected chi connectivity index (χ1v) is 16.9. The summed E-state index contributed by atoms with van der Waals surface area (Å²) in [5, 5.41) is 5.82. The van der Waals surface area contributed by atoms with Gasteiger partial charge in [-0.3, -0.25) is 9.59 Å². The molecule has 4 amide bonds. The molecule has 1 spiro atoms. The molecule has 0 aromatic heterocycles. The van der Waals surface area contributed by atoms with E-state index in [1.54, 1.807) is 4.90 Å². The van der Waals surface area contributed by atoms with Crippen molar-refractivity contribution in [2.75, 3.05) is 38.3 Å². The smallest absolute Gasteiger partial charge is 0.330 e. The van der Waals surface area contributed by atoms with Gasteiger partial charge >= 0.3 is 12.0 Å². The molecule has 2 aromatic rings. The molecule has 4 bridgehead atoms. The SMILES string of the molecule is COC(=O)[C@H](CNC(=O)N1CCC2(CC1)C(=O)N(Cc1ccccc1)CN2c1ccccc1)NC(=O)C1C2CC3CC(C2)CC1C3. The maximum Gasteiger partial charge on any atom is 0.330 e. The summed E-state index contributed by atoms with van der Waals surface area (Å²) in [5.41, 5.74) is 1.32. The minimum Gasteiger partial charge on any atom is -0.467 e. The molecule has 4 aliphatic carbocycles. The Labute approximate surface area is 270 Å². The summed E-state index contributed by atoms with van der Waals surface area (Å²) >= 11 is 0. The number of rotatable bonds is 8. The number of anilines is 1. The second-order valence-electron chi connectivity index (χ2n) is 14.1. The van der Waals surface area contributed by atoms with E-state index < -0.39 is 17.6 Å². The second-order valence-corrected chi connectivity index (χ2v) is 14.1. The van der Waals surface area contributed by atoms with Crippen LogP contribution in [0.3, 0.4) is 0 Å². The summed E-state index contributed by atoms with van der Waals surface area (Å²) in [4.78, 5) is 59.5. The number of nitrogens with zero attached hydrogens (tertiary/aromatic N) is 3. The molecular weight excluding hydrogens is 582 g/mol. The zero-order valence-electron chi connectivity index (χ0n) is 26.6. The summed E-state index contributed by atoms with van der Waals surface area (Å²) in [7, 11) is 1.30. The van der Waals surface area contributed by atoms with Crippen molar-refractivity contribution >= 4 is 29.5 Å². The number of hydrogen-bond acceptors (Lipinski definition) is 6. The van der Waals surface area contributed by atoms with E-state index in [0.29, 0.717) is 51.0 Å². The molecule has 2 saturated heterocycles. The molecule has 46 heavy (non-hydrogen) atoms. The van der Waals surface area contributed by atoms with Gasteiger partial charge in [-0.15, -0.1) is 0 Å². The third-order valence-electron chi connectivity index (χ3n) is 11.5. The van der Waals surface area contributed by atoms with Crippen molar-refractivity contribution < 1.29 is 23.9 Å². The first-order valence-electron chi connectivity index (χ1n) is 16.9. The molecule has 4 saturated carbocycles. The number of methoxy groups -OCH3 is 1. The average Bonchev–Trinajstić information content (AvgIpc) is 3.33. The van der Waals surface area contributed by atoms with Crippen LogP contribution >= 0.6 is 0 Å². The number of hydrogen-bond donors (Lipinski definition) is 2. The van der Waals surface area contributed by atoms with Crippen molar-refractivity contribution in [2.24, 2.45) is 29.6 Å². The van der Waals surface area contributed by atoms with Gasteiger partial charge in [0.1, 0.15) is 11.6 Å². The van der Waals surface area contributed by atoms with Gasteiger partial charge in [0.15, 0.2) is 0 Å². The van der Waals surface area contributed by atoms with E-state index in [-0.39, 0.29) is 30.3 Å². The average molecular weight is 628 g/mol. The number of esters is 1. The van der Waals surface area contributed by atoms with Crippen LogP contribution < -0.4 is 15.5 Å². The van der Waals surface area contributed by atoms with Crippen LogP contribution in [-0.4, -0.2) is 78.6 Å². The molecule has 2 N–H and O–H groups in total. The number of carbonyl (C=O) groups excluding carboxylic acids is 4. The molecule has 2 aromatic carbocycles. The fourth-order valence-corrected chi connectivity index (χ4v) is 9.46. The van der Waals surface area contributed by atoms with Gasteiger partial charge in [-0.25, -0.2) is 9.59 Å². The van der Waals surface area contributed by atoms with Crippen molar-refractivity contribution in [1.82, 2.24) is 20.4 Å². The zero-order chi connectivity index (χ0) is 31.8. The van der Waals surface area contributed by atoms with Gasteiger partial charge in [0.25, 0.3) is 0 Å². The lowest BCUT2D eigenvalue weighted by Gasteiger charge is -2.53. The topological polar surface area (TPSA) is 111 Å². The van der Waals surface area contributed by atoms with E-state index >= 15 is 0 Å². The van der Waals surface area contributed by atoms with Gasteiger partial charge in [-0.2, -0.15) is 0 Å². The number of piperidine rings is 1. The van der Waals surface area contributed by atoms with Crippen LogP contribution in [-0.2, 0) is 25.7 Å². The van der Waals surface area contributed by atoms with Crippen molar-refractivity contribution in [2.45, 2.75) is 63.1 Å². The molecule has 6 aliphatic rings. The van der Waals surface area contributed by atoms with Crippen LogP contribution in [0.25, 0.3) is 0 Å². The minimum absolute atomic E-state index is 0.0495. The predicted molar refractivity (Wildman–Crippen MR) is 172 cm³/mol. The lowest BCUT2D eigenvalue weighted by molar-refractivity contribution is -0.148. The molecule has 1 atom stereocenters. The molecule has 6 fully saturated rings. The lowest BCUT2D eigenvalue weighted by atomic mass is 9.51. The zero-order valence-corrected chi connectivity index (χ0v) is 26.6. The monoisotopic (exact) mass is 627 g/mol. The standard InChI is InChI=1S/C36H45N5O5/c1-46-33(43)30(38-32(42)31-27-17-25-16-26(19-27)20-28(31)18-25)21-37-35(45)39-14-12-36(13-15-39)34(44)40(22-24-8-4-2-5-9-24)23-41(36)29-10-6-3-7-11-29/h2-11,25-28,30-31H,12-23H2,1H3,(H,37,45)(H,38,42)/t25?,26?,27?,28?,30-,31?/m0/s1. The summed E-state index contributed by atoms with van der Waals surface area (Å²) in [5.74, 6) is 1.65. The Kier molecular flexibility index (Phi) is 8.38. The molecule has 0 radical (unpaired) electrons. The maximum atomic E-state index is 14.1. The van der Waals surface area contributed by atoms with Gasteiger partial charge in [0.05, 0.1) is 20.3 Å². The van der Waals surface area contributed by atoms with E-state index in [0.717, 1.165) is 48.8 Å². The molecule has 0 unspecified atom stereocenters. The first kappa shape index (κ1) is 30.6. The number of likely N-dealkylation sites (tertiary alicyclic amines) is 1. The number of urea groups is 1. The molecule has 10 nitrogen and oxygen atoms in total. The van der Waals surface area contributed by atoms with Gasteiger partial charge in [-0.1, -0.05) is 48.5 Å². The summed E-state index contributed by atoms with van der Waals surface area (Å²) in [6.07, 6.45) is 6.71. The van der Waals surface area contributed by atoms with Crippen molar-refractivity contribution in [1.29, 1.82) is 0 Å². The van der Waals surface area contributed by atoms with Crippen molar-refractivity contribution in [3.63, 3.8) is 0 Å². The highest BCUT2D eigenvalue weighted by Crippen LogP contribution is 2.56. The summed E-state index contributed by atoms with van der Waals surface area (Å²) in [6.45, 7) is 1.74. The van der Waals surface area contributed by atoms with E-state index in [2.05, 4.69) is 15.5 Å². The van der Waals surface area contributed by atoms with Crippen LogP contribution in [0.15, 0.2) is 60.7 Å². The highest BCUT2D eigenvalue weighted by atomic mass is 16.5. The molecule has 2 aliphatic heterocycles. The Morgan fingerprint density at radius 1 is 0.891 bits per heavy atom. The minimum atomic E-state index is -0.953. The first-order chi connectivity index (χ1) is 22.3. The largest absolute Gasteiger partial charge is 0.467 e. The number of carbonyl (C=O) groups is 4. The van der Waals surface area contributed by atoms with E-state index in [9.17, 15) is 19.2 Å². The second kappa shape index (κ2) is 12.6. The Hall–Kier alpha value is -4.08. The molecule has 2 heterocycles. The van der Waals surface area contributed by atoms with Gasteiger partial charge in [-0.05, 0) is 86.3 Å². The Morgan fingerprint density at radius 3 is 2.11 bits per heavy atom. The lowest BCUT2D eigenvalue weighted by Crippen LogP contribution is -2.59. The number of amides is 4. The van der Waals surface area contributed by atoms with Crippen molar-refractivity contribution in [3.8, 4) is 0 Å². The summed E-state index contributed by atoms with van der Waals surface area (Å²) in [6, 6.07) is 18.7. The normalized spacial score (nSPS) is 28.3. The molecular formula is C36H45N5O5. The van der Waals surface area contributed by atoms with Crippen LogP contribution in [0.2, 0.25) is 0 Å². The van der Waals surface area contributed by atoms with Crippen molar-refractivity contribution in [3.05, 3.63) is 66.2 Å². The Bertz CT molecular complexity index is 1420. The number of para-hydroxylation sites is 1. The Morgan fingerprint density at radius 2 is 1.50 bits per heavy atom. The molecule has 10 heteroatoms. The van der Waals surface area contributed by atoms with Crippen LogP contribution in [0.4, 0.5) is 10.5 Å². The fraction of sp³-hybridized carbons (Fsp3) is 0.556.